The Balaban J connectivity index is 1.53. The van der Waals surface area contributed by atoms with Crippen LogP contribution in [0.5, 0.6) is 11.5 Å². The van der Waals surface area contributed by atoms with Crippen molar-refractivity contribution in [2.75, 3.05) is 19.0 Å². The van der Waals surface area contributed by atoms with Crippen molar-refractivity contribution in [3.05, 3.63) is 87.9 Å². The molecular weight excluding hydrogens is 465 g/mol. The average Bonchev–Trinajstić information content (AvgIpc) is 2.81. The smallest absolute Gasteiger partial charge is 0.262 e. The van der Waals surface area contributed by atoms with E-state index in [1.54, 1.807) is 36.4 Å². The van der Waals surface area contributed by atoms with Crippen LogP contribution < -0.4 is 20.2 Å². The summed E-state index contributed by atoms with van der Waals surface area (Å²) in [5.41, 5.74) is 4.58. The molecule has 9 heteroatoms. The monoisotopic (exact) mass is 485 g/mol. The molecule has 0 atom stereocenters. The van der Waals surface area contributed by atoms with E-state index in [9.17, 15) is 9.59 Å². The number of hydrazone groups is 1. The van der Waals surface area contributed by atoms with Gasteiger partial charge in [-0.25, -0.2) is 5.43 Å². The first kappa shape index (κ1) is 24.1. The third kappa shape index (κ3) is 7.52. The van der Waals surface area contributed by atoms with Crippen LogP contribution in [0.2, 0.25) is 10.0 Å². The SMILES string of the molecule is COc1cc(/C=N/NC(=O)Cc2ccccc2)ccc1OCC(=O)Nc1ccc(Cl)c(Cl)c1. The lowest BCUT2D eigenvalue weighted by molar-refractivity contribution is -0.120. The fourth-order valence-corrected chi connectivity index (χ4v) is 3.10. The quantitative estimate of drug-likeness (QED) is 0.339. The lowest BCUT2D eigenvalue weighted by atomic mass is 10.1. The normalized spacial score (nSPS) is 10.6. The molecule has 2 amide bonds. The highest BCUT2D eigenvalue weighted by Gasteiger charge is 2.10. The molecule has 0 aliphatic carbocycles. The van der Waals surface area contributed by atoms with Crippen molar-refractivity contribution in [1.82, 2.24) is 5.43 Å². The number of hydrogen-bond donors (Lipinski definition) is 2. The number of carbonyl (C=O) groups excluding carboxylic acids is 2. The van der Waals surface area contributed by atoms with Crippen LogP contribution in [-0.2, 0) is 16.0 Å². The number of methoxy groups -OCH3 is 1. The van der Waals surface area contributed by atoms with E-state index < -0.39 is 0 Å². The predicted octanol–water partition coefficient (Wildman–Crippen LogP) is 4.71. The largest absolute Gasteiger partial charge is 0.493 e. The van der Waals surface area contributed by atoms with Gasteiger partial charge in [0, 0.05) is 5.69 Å². The van der Waals surface area contributed by atoms with E-state index in [2.05, 4.69) is 15.8 Å². The average molecular weight is 486 g/mol. The summed E-state index contributed by atoms with van der Waals surface area (Å²) < 4.78 is 10.9. The Labute approximate surface area is 201 Å². The molecule has 3 rings (SSSR count). The molecule has 0 unspecified atom stereocenters. The maximum absolute atomic E-state index is 12.2. The molecule has 0 aliphatic heterocycles. The zero-order chi connectivity index (χ0) is 23.6. The summed E-state index contributed by atoms with van der Waals surface area (Å²) in [6.45, 7) is -0.237. The fraction of sp³-hybridized carbons (Fsp3) is 0.125. The minimum absolute atomic E-state index is 0.225. The molecule has 0 aliphatic rings. The molecule has 0 heterocycles. The van der Waals surface area contributed by atoms with Crippen molar-refractivity contribution in [2.45, 2.75) is 6.42 Å². The van der Waals surface area contributed by atoms with Crippen molar-refractivity contribution in [1.29, 1.82) is 0 Å². The van der Waals surface area contributed by atoms with E-state index in [1.807, 2.05) is 30.3 Å². The summed E-state index contributed by atoms with van der Waals surface area (Å²) in [6.07, 6.45) is 1.73. The van der Waals surface area contributed by atoms with Gasteiger partial charge in [-0.15, -0.1) is 0 Å². The number of benzene rings is 3. The number of nitrogens with one attached hydrogen (secondary N) is 2. The molecule has 0 spiro atoms. The molecule has 0 fully saturated rings. The number of halogens is 2. The van der Waals surface area contributed by atoms with Gasteiger partial charge in [0.2, 0.25) is 5.91 Å². The summed E-state index contributed by atoms with van der Waals surface area (Å²) in [7, 11) is 1.49. The number of nitrogens with zero attached hydrogens (tertiary/aromatic N) is 1. The van der Waals surface area contributed by atoms with Gasteiger partial charge < -0.3 is 14.8 Å². The van der Waals surface area contributed by atoms with Gasteiger partial charge in [0.15, 0.2) is 18.1 Å². The first-order valence-corrected chi connectivity index (χ1v) is 10.6. The topological polar surface area (TPSA) is 89.0 Å². The number of hydrogen-bond acceptors (Lipinski definition) is 5. The number of rotatable bonds is 9. The van der Waals surface area contributed by atoms with Gasteiger partial charge in [0.25, 0.3) is 5.91 Å². The molecule has 0 bridgehead atoms. The molecule has 0 saturated carbocycles. The minimum atomic E-state index is -0.373. The Bertz CT molecular complexity index is 1150. The van der Waals surface area contributed by atoms with Gasteiger partial charge in [0.1, 0.15) is 0 Å². The van der Waals surface area contributed by atoms with E-state index >= 15 is 0 Å². The maximum atomic E-state index is 12.2. The van der Waals surface area contributed by atoms with E-state index in [0.29, 0.717) is 32.8 Å². The Morgan fingerprint density at radius 3 is 2.45 bits per heavy atom. The lowest BCUT2D eigenvalue weighted by Crippen LogP contribution is -2.20. The molecule has 0 radical (unpaired) electrons. The molecular formula is C24H21Cl2N3O4. The van der Waals surface area contributed by atoms with Crippen LogP contribution in [0, 0.1) is 0 Å². The maximum Gasteiger partial charge on any atom is 0.262 e. The number of carbonyl (C=O) groups is 2. The number of ether oxygens (including phenoxy) is 2. The van der Waals surface area contributed by atoms with Crippen LogP contribution >= 0.6 is 23.2 Å². The molecule has 0 saturated heterocycles. The van der Waals surface area contributed by atoms with Crippen LogP contribution in [0.4, 0.5) is 5.69 Å². The highest BCUT2D eigenvalue weighted by Crippen LogP contribution is 2.28. The molecule has 33 heavy (non-hydrogen) atoms. The van der Waals surface area contributed by atoms with Gasteiger partial charge >= 0.3 is 0 Å². The fourth-order valence-electron chi connectivity index (χ4n) is 2.80. The van der Waals surface area contributed by atoms with Crippen LogP contribution in [0.25, 0.3) is 0 Å². The Kier molecular flexibility index (Phi) is 8.69. The van der Waals surface area contributed by atoms with Gasteiger partial charge in [-0.1, -0.05) is 53.5 Å². The van der Waals surface area contributed by atoms with Gasteiger partial charge in [-0.2, -0.15) is 5.10 Å². The van der Waals surface area contributed by atoms with Crippen LogP contribution in [0.15, 0.2) is 71.8 Å². The van der Waals surface area contributed by atoms with E-state index in [1.165, 1.54) is 13.3 Å². The highest BCUT2D eigenvalue weighted by atomic mass is 35.5. The lowest BCUT2D eigenvalue weighted by Gasteiger charge is -2.11. The standard InChI is InChI=1S/C24H21Cl2N3O4/c1-32-22-11-17(14-27-29-23(30)12-16-5-3-2-4-6-16)7-10-21(22)33-15-24(31)28-18-8-9-19(25)20(26)13-18/h2-11,13-14H,12,15H2,1H3,(H,28,31)(H,29,30)/b27-14+. The Hall–Kier alpha value is -3.55. The number of anilines is 1. The predicted molar refractivity (Wildman–Crippen MR) is 129 cm³/mol. The second-order valence-corrected chi connectivity index (χ2v) is 7.65. The van der Waals surface area contributed by atoms with Gasteiger partial charge in [0.05, 0.1) is 29.8 Å². The summed E-state index contributed by atoms with van der Waals surface area (Å²) in [5.74, 6) is 0.198. The van der Waals surface area contributed by atoms with Gasteiger partial charge in [-0.05, 0) is 47.5 Å². The zero-order valence-corrected chi connectivity index (χ0v) is 19.2. The summed E-state index contributed by atoms with van der Waals surface area (Å²) >= 11 is 11.8. The zero-order valence-electron chi connectivity index (χ0n) is 17.7. The van der Waals surface area contributed by atoms with E-state index in [-0.39, 0.29) is 24.8 Å². The first-order chi connectivity index (χ1) is 15.9. The Morgan fingerprint density at radius 1 is 0.939 bits per heavy atom. The molecule has 3 aromatic carbocycles. The third-order valence-electron chi connectivity index (χ3n) is 4.36. The second-order valence-electron chi connectivity index (χ2n) is 6.83. The molecule has 2 N–H and O–H groups in total. The summed E-state index contributed by atoms with van der Waals surface area (Å²) in [5, 5.41) is 7.38. The molecule has 0 aromatic heterocycles. The second kappa shape index (κ2) is 11.9. The van der Waals surface area contributed by atoms with E-state index in [4.69, 9.17) is 32.7 Å². The molecule has 3 aromatic rings. The summed E-state index contributed by atoms with van der Waals surface area (Å²) in [6, 6.07) is 19.2. The van der Waals surface area contributed by atoms with Crippen molar-refractivity contribution in [2.24, 2.45) is 5.10 Å². The van der Waals surface area contributed by atoms with E-state index in [0.717, 1.165) is 5.56 Å². The Morgan fingerprint density at radius 2 is 1.73 bits per heavy atom. The number of amides is 2. The van der Waals surface area contributed by atoms with Crippen molar-refractivity contribution in [3.63, 3.8) is 0 Å². The first-order valence-electron chi connectivity index (χ1n) is 9.86. The summed E-state index contributed by atoms with van der Waals surface area (Å²) in [4.78, 5) is 24.1. The van der Waals surface area contributed by atoms with Crippen molar-refractivity contribution < 1.29 is 19.1 Å². The van der Waals surface area contributed by atoms with Crippen LogP contribution in [0.1, 0.15) is 11.1 Å². The van der Waals surface area contributed by atoms with Crippen molar-refractivity contribution >= 4 is 46.9 Å². The molecule has 7 nitrogen and oxygen atoms in total. The van der Waals surface area contributed by atoms with Gasteiger partial charge in [-0.3, -0.25) is 9.59 Å². The minimum Gasteiger partial charge on any atom is -0.493 e. The van der Waals surface area contributed by atoms with Crippen LogP contribution in [0.3, 0.4) is 0 Å². The van der Waals surface area contributed by atoms with Crippen molar-refractivity contribution in [3.8, 4) is 11.5 Å². The molecule has 170 valence electrons. The third-order valence-corrected chi connectivity index (χ3v) is 5.10. The highest BCUT2D eigenvalue weighted by molar-refractivity contribution is 6.42. The van der Waals surface area contributed by atoms with Crippen LogP contribution in [-0.4, -0.2) is 31.7 Å².